The van der Waals surface area contributed by atoms with Crippen molar-refractivity contribution in [2.75, 3.05) is 36.5 Å². The summed E-state index contributed by atoms with van der Waals surface area (Å²) in [6.07, 6.45) is 3.25. The van der Waals surface area contributed by atoms with Gasteiger partial charge in [0.2, 0.25) is 11.9 Å². The second-order valence-electron chi connectivity index (χ2n) is 7.97. The van der Waals surface area contributed by atoms with E-state index in [9.17, 15) is 4.79 Å². The van der Waals surface area contributed by atoms with Gasteiger partial charge in [0.05, 0.1) is 24.8 Å². The van der Waals surface area contributed by atoms with E-state index in [0.717, 1.165) is 28.7 Å². The molecular formula is C22H30N8O2. The number of aromatic nitrogens is 5. The van der Waals surface area contributed by atoms with Crippen LogP contribution in [0.5, 0.6) is 0 Å². The third kappa shape index (κ3) is 4.50. The highest BCUT2D eigenvalue weighted by atomic mass is 16.5. The van der Waals surface area contributed by atoms with Crippen LogP contribution in [-0.4, -0.2) is 56.9 Å². The van der Waals surface area contributed by atoms with Crippen molar-refractivity contribution in [1.29, 1.82) is 0 Å². The minimum absolute atomic E-state index is 0.191. The zero-order chi connectivity index (χ0) is 22.7. The Hall–Kier alpha value is -3.27. The maximum absolute atomic E-state index is 11.7. The number of anilines is 3. The topological polar surface area (TPSA) is 124 Å². The highest BCUT2D eigenvalue weighted by Crippen LogP contribution is 2.30. The van der Waals surface area contributed by atoms with Gasteiger partial charge in [0.1, 0.15) is 16.9 Å². The molecule has 10 nitrogen and oxygen atoms in total. The first kappa shape index (κ1) is 21.9. The molecule has 10 heteroatoms. The molecular weight excluding hydrogens is 408 g/mol. The number of fused-ring (bicyclic) bond motifs is 1. The fourth-order valence-electron chi connectivity index (χ4n) is 3.89. The summed E-state index contributed by atoms with van der Waals surface area (Å²) >= 11 is 0. The van der Waals surface area contributed by atoms with Crippen molar-refractivity contribution in [2.45, 2.75) is 40.2 Å². The zero-order valence-electron chi connectivity index (χ0n) is 18.8. The Labute approximate surface area is 187 Å². The van der Waals surface area contributed by atoms with Gasteiger partial charge in [0.25, 0.3) is 0 Å². The number of hydrogen-bond donors (Lipinski definition) is 2. The molecule has 3 aromatic heterocycles. The number of primary amides is 1. The minimum Gasteiger partial charge on any atom is -0.380 e. The van der Waals surface area contributed by atoms with Gasteiger partial charge in [-0.2, -0.15) is 10.1 Å². The SMILES string of the molecule is CCOCCn1nc(CC)c2nc(N3CC[C@@H](C(N)=O)C3)nc(Nc3ccc(C)cn3)c21. The van der Waals surface area contributed by atoms with Gasteiger partial charge >= 0.3 is 0 Å². The Balaban J connectivity index is 1.78. The van der Waals surface area contributed by atoms with E-state index in [1.54, 1.807) is 0 Å². The van der Waals surface area contributed by atoms with E-state index >= 15 is 0 Å². The Morgan fingerprint density at radius 1 is 1.31 bits per heavy atom. The molecule has 1 amide bonds. The van der Waals surface area contributed by atoms with Crippen LogP contribution >= 0.6 is 0 Å². The van der Waals surface area contributed by atoms with Crippen LogP contribution in [-0.2, 0) is 22.5 Å². The molecule has 0 unspecified atom stereocenters. The molecule has 3 N–H and O–H groups in total. The molecule has 0 saturated carbocycles. The number of hydrogen-bond acceptors (Lipinski definition) is 8. The number of rotatable bonds is 9. The predicted molar refractivity (Wildman–Crippen MR) is 123 cm³/mol. The number of nitrogens with two attached hydrogens (primary N) is 1. The number of pyridine rings is 1. The van der Waals surface area contributed by atoms with E-state index < -0.39 is 0 Å². The molecule has 4 rings (SSSR count). The summed E-state index contributed by atoms with van der Waals surface area (Å²) in [4.78, 5) is 27.9. The maximum Gasteiger partial charge on any atom is 0.228 e. The van der Waals surface area contributed by atoms with Gasteiger partial charge in [0, 0.05) is 25.9 Å². The van der Waals surface area contributed by atoms with Crippen LogP contribution < -0.4 is 16.0 Å². The summed E-state index contributed by atoms with van der Waals surface area (Å²) in [6.45, 7) is 9.02. The van der Waals surface area contributed by atoms with Crippen molar-refractivity contribution in [3.63, 3.8) is 0 Å². The Bertz CT molecular complexity index is 1100. The van der Waals surface area contributed by atoms with Crippen LogP contribution in [0.4, 0.5) is 17.6 Å². The van der Waals surface area contributed by atoms with Crippen molar-refractivity contribution in [2.24, 2.45) is 11.7 Å². The Kier molecular flexibility index (Phi) is 6.50. The summed E-state index contributed by atoms with van der Waals surface area (Å²) in [6, 6.07) is 3.92. The van der Waals surface area contributed by atoms with Gasteiger partial charge in [-0.15, -0.1) is 0 Å². The van der Waals surface area contributed by atoms with E-state index in [1.807, 2.05) is 41.8 Å². The van der Waals surface area contributed by atoms with E-state index in [1.165, 1.54) is 0 Å². The first-order valence-corrected chi connectivity index (χ1v) is 11.1. The van der Waals surface area contributed by atoms with Crippen LogP contribution in [0.25, 0.3) is 11.0 Å². The van der Waals surface area contributed by atoms with Gasteiger partial charge in [0.15, 0.2) is 5.82 Å². The van der Waals surface area contributed by atoms with Crippen molar-refractivity contribution < 1.29 is 9.53 Å². The first-order chi connectivity index (χ1) is 15.5. The van der Waals surface area contributed by atoms with E-state index in [2.05, 4.69) is 17.2 Å². The quantitative estimate of drug-likeness (QED) is 0.487. The number of carbonyl (C=O) groups excluding carboxylic acids is 1. The van der Waals surface area contributed by atoms with Crippen molar-refractivity contribution in [3.05, 3.63) is 29.6 Å². The average Bonchev–Trinajstić information content (AvgIpc) is 3.41. The van der Waals surface area contributed by atoms with Crippen molar-refractivity contribution in [3.8, 4) is 0 Å². The molecule has 4 heterocycles. The normalized spacial score (nSPS) is 16.1. The molecule has 32 heavy (non-hydrogen) atoms. The van der Waals surface area contributed by atoms with Crippen LogP contribution in [0.2, 0.25) is 0 Å². The molecule has 170 valence electrons. The molecule has 1 saturated heterocycles. The van der Waals surface area contributed by atoms with Gasteiger partial charge in [-0.1, -0.05) is 13.0 Å². The van der Waals surface area contributed by atoms with Gasteiger partial charge in [-0.25, -0.2) is 9.97 Å². The monoisotopic (exact) mass is 438 g/mol. The lowest BCUT2D eigenvalue weighted by Crippen LogP contribution is -2.28. The second-order valence-corrected chi connectivity index (χ2v) is 7.97. The van der Waals surface area contributed by atoms with Gasteiger partial charge in [-0.3, -0.25) is 9.48 Å². The lowest BCUT2D eigenvalue weighted by Gasteiger charge is -2.18. The summed E-state index contributed by atoms with van der Waals surface area (Å²) in [7, 11) is 0. The van der Waals surface area contributed by atoms with E-state index in [0.29, 0.717) is 56.9 Å². The molecule has 0 bridgehead atoms. The molecule has 3 aromatic rings. The van der Waals surface area contributed by atoms with Crippen LogP contribution in [0.1, 0.15) is 31.5 Å². The predicted octanol–water partition coefficient (Wildman–Crippen LogP) is 2.18. The minimum atomic E-state index is -0.284. The number of amides is 1. The molecule has 1 atom stereocenters. The third-order valence-corrected chi connectivity index (χ3v) is 5.66. The smallest absolute Gasteiger partial charge is 0.228 e. The highest BCUT2D eigenvalue weighted by Gasteiger charge is 2.29. The van der Waals surface area contributed by atoms with Crippen LogP contribution in [0.15, 0.2) is 18.3 Å². The fourth-order valence-corrected chi connectivity index (χ4v) is 3.89. The first-order valence-electron chi connectivity index (χ1n) is 11.1. The summed E-state index contributed by atoms with van der Waals surface area (Å²) in [5.41, 5.74) is 9.11. The standard InChI is InChI=1S/C22H30N8O2/c1-4-16-18-19(30(28-16)10-11-32-5-2)21(25-17-7-6-14(3)12-24-17)27-22(26-18)29-9-8-15(13-29)20(23)31/h6-7,12,15H,4-5,8-11,13H2,1-3H3,(H2,23,31)(H,24,25,26,27)/t15-/m1/s1. The average molecular weight is 439 g/mol. The van der Waals surface area contributed by atoms with E-state index in [4.69, 9.17) is 25.5 Å². The summed E-state index contributed by atoms with van der Waals surface area (Å²) in [5.74, 6) is 1.41. The Morgan fingerprint density at radius 3 is 2.81 bits per heavy atom. The number of aryl methyl sites for hydroxylation is 2. The maximum atomic E-state index is 11.7. The number of carbonyl (C=O) groups is 1. The fraction of sp³-hybridized carbons (Fsp3) is 0.500. The molecule has 1 aliphatic rings. The zero-order valence-corrected chi connectivity index (χ0v) is 18.8. The van der Waals surface area contributed by atoms with Crippen molar-refractivity contribution >= 4 is 34.5 Å². The Morgan fingerprint density at radius 2 is 2.16 bits per heavy atom. The molecule has 0 spiro atoms. The van der Waals surface area contributed by atoms with Crippen molar-refractivity contribution in [1.82, 2.24) is 24.7 Å². The summed E-state index contributed by atoms with van der Waals surface area (Å²) in [5, 5.41) is 8.15. The molecule has 0 aromatic carbocycles. The largest absolute Gasteiger partial charge is 0.380 e. The highest BCUT2D eigenvalue weighted by molar-refractivity contribution is 5.90. The number of ether oxygens (including phenoxy) is 1. The summed E-state index contributed by atoms with van der Waals surface area (Å²) < 4.78 is 7.46. The molecule has 1 fully saturated rings. The molecule has 1 aliphatic heterocycles. The van der Waals surface area contributed by atoms with Gasteiger partial charge < -0.3 is 20.7 Å². The van der Waals surface area contributed by atoms with Crippen LogP contribution in [0, 0.1) is 12.8 Å². The molecule has 0 aliphatic carbocycles. The number of nitrogens with one attached hydrogen (secondary N) is 1. The number of nitrogens with zero attached hydrogens (tertiary/aromatic N) is 6. The van der Waals surface area contributed by atoms with Crippen LogP contribution in [0.3, 0.4) is 0 Å². The third-order valence-electron chi connectivity index (χ3n) is 5.66. The van der Waals surface area contributed by atoms with Gasteiger partial charge in [-0.05, 0) is 38.3 Å². The second kappa shape index (κ2) is 9.47. The lowest BCUT2D eigenvalue weighted by molar-refractivity contribution is -0.121. The molecule has 0 radical (unpaired) electrons. The van der Waals surface area contributed by atoms with E-state index in [-0.39, 0.29) is 11.8 Å². The lowest BCUT2D eigenvalue weighted by atomic mass is 10.1.